The molecule has 90 heavy (non-hydrogen) atoms. The molecule has 0 aliphatic carbocycles. The Balaban J connectivity index is 1.07. The summed E-state index contributed by atoms with van der Waals surface area (Å²) in [6, 6.07) is 63.3. The topological polar surface area (TPSA) is 22.3 Å². The van der Waals surface area contributed by atoms with Crippen LogP contribution in [0.4, 0.5) is 17.1 Å². The number of anilines is 3. The fourth-order valence-corrected chi connectivity index (χ4v) is 16.1. The molecule has 0 bridgehead atoms. The molecule has 0 amide bonds. The molecular weight excluding hydrogens is 1090 g/mol. The van der Waals surface area contributed by atoms with Gasteiger partial charge in [0.2, 0.25) is 0 Å². The van der Waals surface area contributed by atoms with E-state index in [4.69, 9.17) is 4.74 Å². The first-order valence-corrected chi connectivity index (χ1v) is 32.9. The van der Waals surface area contributed by atoms with E-state index in [2.05, 4.69) is 303 Å². The number of rotatable bonds is 3. The zero-order valence-electron chi connectivity index (χ0n) is 56.4. The normalized spacial score (nSPS) is 14.2. The third kappa shape index (κ3) is 8.27. The molecule has 0 N–H and O–H groups in total. The summed E-state index contributed by atoms with van der Waals surface area (Å²) in [6.07, 6.45) is 0. The number of ether oxygens (including phenoxy) is 1. The van der Waals surface area contributed by atoms with E-state index in [1.54, 1.807) is 0 Å². The molecule has 16 rings (SSSR count). The van der Waals surface area contributed by atoms with Gasteiger partial charge in [0, 0.05) is 67.1 Å². The van der Waals surface area contributed by atoms with Crippen LogP contribution in [0.15, 0.2) is 158 Å². The van der Waals surface area contributed by atoms with Crippen LogP contribution >= 0.6 is 0 Å². The van der Waals surface area contributed by atoms with Gasteiger partial charge in [-0.15, -0.1) is 0 Å². The molecule has 0 unspecified atom stereocenters. The summed E-state index contributed by atoms with van der Waals surface area (Å²) in [7, 11) is 0. The lowest BCUT2D eigenvalue weighted by Crippen LogP contribution is -2.63. The third-order valence-corrected chi connectivity index (χ3v) is 21.0. The highest BCUT2D eigenvalue weighted by Crippen LogP contribution is 2.49. The minimum absolute atomic E-state index is 0.0287. The molecule has 10 aromatic carbocycles. The van der Waals surface area contributed by atoms with Gasteiger partial charge in [-0.2, -0.15) is 0 Å². The van der Waals surface area contributed by atoms with E-state index >= 15 is 0 Å². The maximum absolute atomic E-state index is 7.85. The fourth-order valence-electron chi connectivity index (χ4n) is 16.1. The number of hydrogen-bond donors (Lipinski definition) is 0. The monoisotopic (exact) mass is 1170 g/mol. The van der Waals surface area contributed by atoms with Gasteiger partial charge in [-0.1, -0.05) is 194 Å². The van der Waals surface area contributed by atoms with Crippen LogP contribution in [0.2, 0.25) is 0 Å². The Kier molecular flexibility index (Phi) is 11.7. The first-order chi connectivity index (χ1) is 42.4. The van der Waals surface area contributed by atoms with Gasteiger partial charge in [0.25, 0.3) is 13.4 Å². The highest BCUT2D eigenvalue weighted by molar-refractivity contribution is 7.02. The summed E-state index contributed by atoms with van der Waals surface area (Å²) in [6.45, 7) is 44.0. The zero-order valence-corrected chi connectivity index (χ0v) is 56.4. The number of benzene rings is 10. The van der Waals surface area contributed by atoms with Crippen LogP contribution in [0.25, 0.3) is 77.2 Å². The Hall–Kier alpha value is -8.47. The first kappa shape index (κ1) is 56.7. The predicted octanol–water partition coefficient (Wildman–Crippen LogP) is 18.5. The number of aryl methyl sites for hydroxylation is 4. The molecule has 0 saturated carbocycles. The largest absolute Gasteiger partial charge is 0.458 e. The van der Waals surface area contributed by atoms with Crippen molar-refractivity contribution in [3.8, 4) is 45.1 Å². The average molecular weight is 1170 g/mol. The van der Waals surface area contributed by atoms with Gasteiger partial charge < -0.3 is 18.8 Å². The SMILES string of the molecule is Cc1ccc(-c2cc3c4c(c2)-n2c5ccc(C(C)(C)C)cc5c5cc(C(C)(C)C)cc(c52)B4c2cc4c(cc2O3)N(c2ccc(C(C)(C)C)cc2)c2cc(-c3ccc(C)cc3C)cc3c2B4c2cc(C(C)(C)C)cc4c5cc(C(C)(C)C)ccc5n-3c24)c(C)c1. The van der Waals surface area contributed by atoms with E-state index in [0.717, 1.165) is 28.4 Å². The van der Waals surface area contributed by atoms with E-state index in [1.807, 2.05) is 0 Å². The quantitative estimate of drug-likeness (QED) is 0.165. The fraction of sp³-hybridized carbons (Fsp3) is 0.286. The Morgan fingerprint density at radius 1 is 0.322 bits per heavy atom. The average Bonchev–Trinajstić information content (AvgIpc) is 1.32. The number of nitrogens with zero attached hydrogens (tertiary/aromatic N) is 3. The third-order valence-electron chi connectivity index (χ3n) is 21.0. The van der Waals surface area contributed by atoms with E-state index in [9.17, 15) is 0 Å². The highest BCUT2D eigenvalue weighted by Gasteiger charge is 2.48. The van der Waals surface area contributed by atoms with Gasteiger partial charge in [0.1, 0.15) is 11.5 Å². The summed E-state index contributed by atoms with van der Waals surface area (Å²) < 4.78 is 13.1. The van der Waals surface area contributed by atoms with Crippen molar-refractivity contribution in [2.24, 2.45) is 0 Å². The second-order valence-corrected chi connectivity index (χ2v) is 32.6. The van der Waals surface area contributed by atoms with Crippen molar-refractivity contribution in [1.82, 2.24) is 9.13 Å². The number of fused-ring (bicyclic) bond motifs is 14. The van der Waals surface area contributed by atoms with Gasteiger partial charge in [0.15, 0.2) is 0 Å². The smallest absolute Gasteiger partial charge is 0.256 e. The van der Waals surface area contributed by atoms with E-state index in [-0.39, 0.29) is 40.5 Å². The molecule has 0 spiro atoms. The van der Waals surface area contributed by atoms with Crippen molar-refractivity contribution in [1.29, 1.82) is 0 Å². The first-order valence-electron chi connectivity index (χ1n) is 32.9. The molecule has 6 heteroatoms. The number of hydrogen-bond acceptors (Lipinski definition) is 2. The van der Waals surface area contributed by atoms with Crippen molar-refractivity contribution in [2.75, 3.05) is 4.90 Å². The second-order valence-electron chi connectivity index (χ2n) is 32.6. The van der Waals surface area contributed by atoms with Gasteiger partial charge in [-0.3, -0.25) is 0 Å². The van der Waals surface area contributed by atoms with Crippen LogP contribution in [-0.4, -0.2) is 22.6 Å². The van der Waals surface area contributed by atoms with Gasteiger partial charge in [0.05, 0.1) is 11.0 Å². The van der Waals surface area contributed by atoms with E-state index < -0.39 is 0 Å². The van der Waals surface area contributed by atoms with Gasteiger partial charge in [-0.25, -0.2) is 0 Å². The second kappa shape index (κ2) is 18.6. The summed E-state index contributed by atoms with van der Waals surface area (Å²) in [5.41, 5.74) is 34.9. The van der Waals surface area contributed by atoms with Crippen molar-refractivity contribution in [3.05, 3.63) is 208 Å². The van der Waals surface area contributed by atoms with Crippen molar-refractivity contribution in [2.45, 2.75) is 159 Å². The van der Waals surface area contributed by atoms with Crippen molar-refractivity contribution >= 4 is 107 Å². The van der Waals surface area contributed by atoms with Crippen molar-refractivity contribution in [3.63, 3.8) is 0 Å². The summed E-state index contributed by atoms with van der Waals surface area (Å²) >= 11 is 0. The Morgan fingerprint density at radius 3 is 1.23 bits per heavy atom. The molecule has 6 heterocycles. The minimum Gasteiger partial charge on any atom is -0.458 e. The predicted molar refractivity (Wildman–Crippen MR) is 389 cm³/mol. The van der Waals surface area contributed by atoms with E-state index in [0.29, 0.717) is 0 Å². The Labute approximate surface area is 534 Å². The Bertz CT molecular complexity index is 5170. The van der Waals surface area contributed by atoms with Crippen molar-refractivity contribution < 1.29 is 4.74 Å². The minimum atomic E-state index is -0.139. The summed E-state index contributed by atoms with van der Waals surface area (Å²) in [5, 5.41) is 5.24. The Morgan fingerprint density at radius 2 is 0.756 bits per heavy atom. The van der Waals surface area contributed by atoms with E-state index in [1.165, 1.54) is 160 Å². The standard InChI is InChI=1S/C84H83B2N3O/c1-46-20-28-58(48(3)32-46)50-34-71-76-72(35-50)88-68-30-24-53(81(8,9)10)38-60(68)62-40-55(83(14,15)16)42-66(78(62)88)85(76)64-44-65-74(45-70(64)87(71)57-26-22-52(23-27-57)80(5,6)7)90-75-37-51(59-29-21-47(2)33-49(59)4)36-73-77(75)86(65)67-43-56(84(17,18)19)41-63-61-39-54(82(11,12)13)25-31-69(61)89(73)79(63)67/h20-45H,1-19H3. The lowest BCUT2D eigenvalue weighted by Gasteiger charge is -2.42. The maximum atomic E-state index is 7.85. The molecule has 4 aliphatic heterocycles. The summed E-state index contributed by atoms with van der Waals surface area (Å²) in [4.78, 5) is 2.62. The molecule has 0 fully saturated rings. The van der Waals surface area contributed by atoms with Crippen LogP contribution < -0.4 is 42.4 Å². The maximum Gasteiger partial charge on any atom is 0.256 e. The molecular formula is C84H83B2N3O. The lowest BCUT2D eigenvalue weighted by molar-refractivity contribution is 0.487. The van der Waals surface area contributed by atoms with Crippen LogP contribution in [0.5, 0.6) is 11.5 Å². The van der Waals surface area contributed by atoms with Gasteiger partial charge >= 0.3 is 0 Å². The highest BCUT2D eigenvalue weighted by atomic mass is 16.5. The van der Waals surface area contributed by atoms with Crippen LogP contribution in [0, 0.1) is 27.7 Å². The molecule has 12 aromatic rings. The zero-order chi connectivity index (χ0) is 63.1. The van der Waals surface area contributed by atoms with Crippen LogP contribution in [-0.2, 0) is 27.1 Å². The lowest BCUT2D eigenvalue weighted by atomic mass is 9.30. The van der Waals surface area contributed by atoms with Crippen LogP contribution in [0.3, 0.4) is 0 Å². The molecule has 0 radical (unpaired) electrons. The molecule has 446 valence electrons. The molecule has 0 atom stereocenters. The number of aromatic nitrogens is 2. The van der Waals surface area contributed by atoms with Crippen LogP contribution in [0.1, 0.15) is 154 Å². The van der Waals surface area contributed by atoms with Gasteiger partial charge in [-0.05, 0) is 222 Å². The molecule has 4 aliphatic rings. The molecule has 2 aromatic heterocycles. The molecule has 4 nitrogen and oxygen atoms in total. The summed E-state index contributed by atoms with van der Waals surface area (Å²) in [5.74, 6) is 1.82. The molecule has 0 saturated heterocycles.